The molecule has 0 aliphatic heterocycles. The Hall–Kier alpha value is -0.880. The van der Waals surface area contributed by atoms with Crippen LogP contribution in [0, 0.1) is 0 Å². The number of thioether (sulfide) groups is 1. The number of amides is 1. The average Bonchev–Trinajstić information content (AvgIpc) is 3.19. The summed E-state index contributed by atoms with van der Waals surface area (Å²) in [5.74, 6) is -0.0251. The number of hydrogen-bond donors (Lipinski definition) is 3. The van der Waals surface area contributed by atoms with Gasteiger partial charge in [0, 0.05) is 12.1 Å². The van der Waals surface area contributed by atoms with Crippen LogP contribution in [0.2, 0.25) is 0 Å². The van der Waals surface area contributed by atoms with Crippen LogP contribution in [-0.4, -0.2) is 24.2 Å². The van der Waals surface area contributed by atoms with Gasteiger partial charge in [0.1, 0.15) is 9.88 Å². The summed E-state index contributed by atoms with van der Waals surface area (Å²) in [5, 5.41) is 7.56. The minimum Gasteiger partial charge on any atom is -0.396 e. The summed E-state index contributed by atoms with van der Waals surface area (Å²) in [5.41, 5.74) is 6.78. The summed E-state index contributed by atoms with van der Waals surface area (Å²) in [7, 11) is 0. The number of thiophene rings is 1. The molecule has 0 saturated heterocycles. The van der Waals surface area contributed by atoms with E-state index in [9.17, 15) is 4.79 Å². The molecule has 1 aliphatic carbocycles. The van der Waals surface area contributed by atoms with E-state index in [2.05, 4.69) is 24.5 Å². The highest BCUT2D eigenvalue weighted by atomic mass is 32.2. The first-order valence-electron chi connectivity index (χ1n) is 7.14. The maximum Gasteiger partial charge on any atom is 0.263 e. The third-order valence-electron chi connectivity index (χ3n) is 3.54. The Morgan fingerprint density at radius 3 is 2.60 bits per heavy atom. The van der Waals surface area contributed by atoms with Crippen molar-refractivity contribution in [3.8, 4) is 0 Å². The lowest BCUT2D eigenvalue weighted by atomic mass is 10.2. The maximum absolute atomic E-state index is 12.2. The molecule has 4 nitrogen and oxygen atoms in total. The SMILES string of the molecule is CCC(CC)Nc1sc(C(=O)NC2CC2)c(N)c1SC. The van der Waals surface area contributed by atoms with Crippen LogP contribution in [0.5, 0.6) is 0 Å². The van der Waals surface area contributed by atoms with E-state index in [1.165, 1.54) is 11.3 Å². The smallest absolute Gasteiger partial charge is 0.263 e. The highest BCUT2D eigenvalue weighted by Crippen LogP contribution is 2.42. The molecule has 0 radical (unpaired) electrons. The Bertz CT molecular complexity index is 479. The van der Waals surface area contributed by atoms with Gasteiger partial charge in [0.05, 0.1) is 10.6 Å². The van der Waals surface area contributed by atoms with Crippen molar-refractivity contribution >= 4 is 39.7 Å². The third kappa shape index (κ3) is 3.41. The predicted octanol–water partition coefficient (Wildman–Crippen LogP) is 3.54. The summed E-state index contributed by atoms with van der Waals surface area (Å²) in [6.07, 6.45) is 6.30. The molecule has 0 spiro atoms. The molecule has 6 heteroatoms. The highest BCUT2D eigenvalue weighted by molar-refractivity contribution is 7.99. The Morgan fingerprint density at radius 1 is 1.45 bits per heavy atom. The molecular weight excluding hydrogens is 290 g/mol. The van der Waals surface area contributed by atoms with E-state index in [4.69, 9.17) is 5.73 Å². The molecule has 1 aromatic heterocycles. The second kappa shape index (κ2) is 6.72. The number of rotatable bonds is 7. The first-order valence-corrected chi connectivity index (χ1v) is 9.18. The van der Waals surface area contributed by atoms with Crippen LogP contribution in [0.4, 0.5) is 10.7 Å². The zero-order chi connectivity index (χ0) is 14.7. The summed E-state index contributed by atoms with van der Waals surface area (Å²) < 4.78 is 0. The van der Waals surface area contributed by atoms with Crippen molar-refractivity contribution in [2.24, 2.45) is 0 Å². The fourth-order valence-corrected chi connectivity index (χ4v) is 4.05. The Labute approximate surface area is 128 Å². The molecule has 0 unspecified atom stereocenters. The number of carbonyl (C=O) groups is 1. The average molecular weight is 313 g/mol. The van der Waals surface area contributed by atoms with Gasteiger partial charge in [0.15, 0.2) is 0 Å². The fourth-order valence-electron chi connectivity index (χ4n) is 2.05. The largest absolute Gasteiger partial charge is 0.396 e. The molecule has 2 rings (SSSR count). The standard InChI is InChI=1S/C14H23N3OS2/c1-4-8(5-2)17-14-12(19-3)10(15)11(20-14)13(18)16-9-6-7-9/h8-9,17H,4-7,15H2,1-3H3,(H,16,18). The summed E-state index contributed by atoms with van der Waals surface area (Å²) in [4.78, 5) is 13.9. The van der Waals surface area contributed by atoms with Crippen LogP contribution in [0.1, 0.15) is 49.2 Å². The van der Waals surface area contributed by atoms with E-state index in [1.807, 2.05) is 6.26 Å². The molecular formula is C14H23N3OS2. The summed E-state index contributed by atoms with van der Waals surface area (Å²) in [6.45, 7) is 4.33. The summed E-state index contributed by atoms with van der Waals surface area (Å²) >= 11 is 3.08. The van der Waals surface area contributed by atoms with Crippen LogP contribution in [0.25, 0.3) is 0 Å². The second-order valence-corrected chi connectivity index (χ2v) is 6.95. The van der Waals surface area contributed by atoms with E-state index in [-0.39, 0.29) is 5.91 Å². The van der Waals surface area contributed by atoms with Gasteiger partial charge in [0.25, 0.3) is 5.91 Å². The van der Waals surface area contributed by atoms with Crippen molar-refractivity contribution in [1.82, 2.24) is 5.32 Å². The molecule has 0 atom stereocenters. The fraction of sp³-hybridized carbons (Fsp3) is 0.643. The van der Waals surface area contributed by atoms with Crippen molar-refractivity contribution < 1.29 is 4.79 Å². The minimum absolute atomic E-state index is 0.0251. The zero-order valence-corrected chi connectivity index (χ0v) is 13.9. The van der Waals surface area contributed by atoms with Crippen molar-refractivity contribution in [1.29, 1.82) is 0 Å². The summed E-state index contributed by atoms with van der Waals surface area (Å²) in [6, 6.07) is 0.787. The van der Waals surface area contributed by atoms with Crippen LogP contribution in [-0.2, 0) is 0 Å². The number of hydrogen-bond acceptors (Lipinski definition) is 5. The normalized spacial score (nSPS) is 14.6. The van der Waals surface area contributed by atoms with Crippen LogP contribution >= 0.6 is 23.1 Å². The molecule has 1 amide bonds. The van der Waals surface area contributed by atoms with E-state index in [0.717, 1.165) is 35.6 Å². The molecule has 1 saturated carbocycles. The number of nitrogens with two attached hydrogens (primary N) is 1. The lowest BCUT2D eigenvalue weighted by molar-refractivity contribution is 0.0956. The van der Waals surface area contributed by atoms with Gasteiger partial charge >= 0.3 is 0 Å². The predicted molar refractivity (Wildman–Crippen MR) is 89.0 cm³/mol. The monoisotopic (exact) mass is 313 g/mol. The van der Waals surface area contributed by atoms with Gasteiger partial charge in [0.2, 0.25) is 0 Å². The van der Waals surface area contributed by atoms with Gasteiger partial charge in [-0.2, -0.15) is 0 Å². The Kier molecular flexibility index (Phi) is 5.21. The van der Waals surface area contributed by atoms with Crippen molar-refractivity contribution in [3.63, 3.8) is 0 Å². The first-order chi connectivity index (χ1) is 9.60. The molecule has 112 valence electrons. The molecule has 1 aromatic rings. The number of nitrogen functional groups attached to an aromatic ring is 1. The van der Waals surface area contributed by atoms with Crippen LogP contribution in [0.15, 0.2) is 4.90 Å². The molecule has 20 heavy (non-hydrogen) atoms. The van der Waals surface area contributed by atoms with Gasteiger partial charge in [-0.3, -0.25) is 4.79 Å². The molecule has 1 fully saturated rings. The Morgan fingerprint density at radius 2 is 2.10 bits per heavy atom. The van der Waals surface area contributed by atoms with Crippen LogP contribution < -0.4 is 16.4 Å². The van der Waals surface area contributed by atoms with E-state index < -0.39 is 0 Å². The van der Waals surface area contributed by atoms with Gasteiger partial charge in [-0.25, -0.2) is 0 Å². The van der Waals surface area contributed by atoms with Gasteiger partial charge in [-0.15, -0.1) is 23.1 Å². The van der Waals surface area contributed by atoms with Crippen molar-refractivity contribution in [3.05, 3.63) is 4.88 Å². The molecule has 0 bridgehead atoms. The minimum atomic E-state index is -0.0251. The number of carbonyl (C=O) groups excluding carboxylic acids is 1. The van der Waals surface area contributed by atoms with E-state index in [0.29, 0.717) is 22.6 Å². The highest BCUT2D eigenvalue weighted by Gasteiger charge is 2.27. The van der Waals surface area contributed by atoms with Crippen molar-refractivity contribution in [2.75, 3.05) is 17.3 Å². The van der Waals surface area contributed by atoms with Gasteiger partial charge in [-0.1, -0.05) is 13.8 Å². The molecule has 4 N–H and O–H groups in total. The lowest BCUT2D eigenvalue weighted by Gasteiger charge is -2.15. The van der Waals surface area contributed by atoms with E-state index >= 15 is 0 Å². The van der Waals surface area contributed by atoms with Crippen LogP contribution in [0.3, 0.4) is 0 Å². The zero-order valence-electron chi connectivity index (χ0n) is 12.3. The van der Waals surface area contributed by atoms with Gasteiger partial charge in [-0.05, 0) is 31.9 Å². The lowest BCUT2D eigenvalue weighted by Crippen LogP contribution is -2.25. The third-order valence-corrected chi connectivity index (χ3v) is 5.64. The number of anilines is 2. The van der Waals surface area contributed by atoms with Gasteiger partial charge < -0.3 is 16.4 Å². The maximum atomic E-state index is 12.2. The second-order valence-electron chi connectivity index (χ2n) is 5.11. The topological polar surface area (TPSA) is 67.2 Å². The molecule has 0 aromatic carbocycles. The van der Waals surface area contributed by atoms with Crippen molar-refractivity contribution in [2.45, 2.75) is 56.5 Å². The molecule has 1 heterocycles. The Balaban J connectivity index is 2.20. The first kappa shape index (κ1) is 15.5. The quantitative estimate of drug-likeness (QED) is 0.674. The molecule has 1 aliphatic rings. The number of nitrogens with one attached hydrogen (secondary N) is 2. The van der Waals surface area contributed by atoms with E-state index in [1.54, 1.807) is 11.8 Å².